The van der Waals surface area contributed by atoms with Gasteiger partial charge in [-0.25, -0.2) is 0 Å². The minimum atomic E-state index is 0.259. The lowest BCUT2D eigenvalue weighted by molar-refractivity contribution is 0.350. The van der Waals surface area contributed by atoms with E-state index < -0.39 is 0 Å². The number of rotatable bonds is 8. The summed E-state index contributed by atoms with van der Waals surface area (Å²) in [6.07, 6.45) is 4.21. The van der Waals surface area contributed by atoms with Crippen LogP contribution in [0.25, 0.3) is 0 Å². The number of ether oxygens (including phenoxy) is 2. The smallest absolute Gasteiger partial charge is 0.321 e. The first-order chi connectivity index (χ1) is 11.2. The average Bonchev–Trinajstić information content (AvgIpc) is 2.61. The maximum atomic E-state index is 5.41. The van der Waals surface area contributed by atoms with Crippen molar-refractivity contribution in [2.45, 2.75) is 6.42 Å². The van der Waals surface area contributed by atoms with Crippen LogP contribution >= 0.6 is 0 Å². The van der Waals surface area contributed by atoms with Crippen LogP contribution in [0, 0.1) is 0 Å². The molecule has 23 heavy (non-hydrogen) atoms. The minimum Gasteiger partial charge on any atom is -0.481 e. The zero-order valence-corrected chi connectivity index (χ0v) is 13.5. The van der Waals surface area contributed by atoms with Crippen LogP contribution in [0.15, 0.2) is 55.6 Å². The second-order valence-electron chi connectivity index (χ2n) is 4.75. The largest absolute Gasteiger partial charge is 0.481 e. The molecule has 0 aliphatic rings. The number of nitrogens with zero attached hydrogens (tertiary/aromatic N) is 3. The van der Waals surface area contributed by atoms with Gasteiger partial charge in [-0.2, -0.15) is 9.97 Å². The summed E-state index contributed by atoms with van der Waals surface area (Å²) < 4.78 is 10.6. The van der Waals surface area contributed by atoms with E-state index in [1.165, 1.54) is 7.11 Å². The third-order valence-electron chi connectivity index (χ3n) is 3.29. The summed E-state index contributed by atoms with van der Waals surface area (Å²) in [6.45, 7) is 8.25. The zero-order chi connectivity index (χ0) is 16.7. The van der Waals surface area contributed by atoms with Gasteiger partial charge in [0.15, 0.2) is 0 Å². The van der Waals surface area contributed by atoms with Crippen LogP contribution in [0.1, 0.15) is 5.56 Å². The lowest BCUT2D eigenvalue weighted by Gasteiger charge is -2.25. The van der Waals surface area contributed by atoms with Gasteiger partial charge in [-0.05, 0) is 18.6 Å². The molecule has 5 heteroatoms. The molecule has 0 spiro atoms. The molecule has 0 fully saturated rings. The Hall–Kier alpha value is -2.82. The second kappa shape index (κ2) is 7.98. The first kappa shape index (κ1) is 16.5. The molecule has 0 aliphatic heterocycles. The fraction of sp³-hybridized carbons (Fsp3) is 0.222. The van der Waals surface area contributed by atoms with Gasteiger partial charge in [0, 0.05) is 12.2 Å². The van der Waals surface area contributed by atoms with Gasteiger partial charge in [0.2, 0.25) is 5.88 Å². The summed E-state index contributed by atoms with van der Waals surface area (Å²) in [5.74, 6) is 1.21. The Morgan fingerprint density at radius 1 is 1.04 bits per heavy atom. The molecule has 1 aromatic heterocycles. The van der Waals surface area contributed by atoms with Gasteiger partial charge in [0.1, 0.15) is 5.82 Å². The highest BCUT2D eigenvalue weighted by Crippen LogP contribution is 2.33. The molecule has 0 radical (unpaired) electrons. The van der Waals surface area contributed by atoms with E-state index >= 15 is 0 Å². The van der Waals surface area contributed by atoms with Gasteiger partial charge < -0.3 is 14.4 Å². The van der Waals surface area contributed by atoms with Crippen LogP contribution in [0.5, 0.6) is 11.9 Å². The van der Waals surface area contributed by atoms with Gasteiger partial charge in [-0.3, -0.25) is 0 Å². The summed E-state index contributed by atoms with van der Waals surface area (Å²) in [5, 5.41) is 0. The van der Waals surface area contributed by atoms with Crippen LogP contribution in [-0.4, -0.2) is 30.7 Å². The van der Waals surface area contributed by atoms with Crippen LogP contribution in [0.2, 0.25) is 0 Å². The molecule has 0 bridgehead atoms. The standard InChI is InChI=1S/C18H21N3O2/c1-5-10-15-16(19-18(23-4)20-17(15)22-3)21(13-6-2)14-11-8-7-9-12-14/h5-9,11-12H,1-2,10,13H2,3-4H3. The first-order valence-corrected chi connectivity index (χ1v) is 7.28. The Morgan fingerprint density at radius 3 is 2.35 bits per heavy atom. The number of allylic oxidation sites excluding steroid dienone is 1. The van der Waals surface area contributed by atoms with Gasteiger partial charge in [-0.15, -0.1) is 13.2 Å². The Bertz CT molecular complexity index is 671. The van der Waals surface area contributed by atoms with E-state index in [1.54, 1.807) is 13.2 Å². The van der Waals surface area contributed by atoms with Crippen molar-refractivity contribution in [3.05, 3.63) is 61.2 Å². The van der Waals surface area contributed by atoms with Crippen LogP contribution in [0.4, 0.5) is 11.5 Å². The normalized spacial score (nSPS) is 10.0. The second-order valence-corrected chi connectivity index (χ2v) is 4.75. The topological polar surface area (TPSA) is 47.5 Å². The summed E-state index contributed by atoms with van der Waals surface area (Å²) in [5.41, 5.74) is 1.86. The summed E-state index contributed by atoms with van der Waals surface area (Å²) >= 11 is 0. The van der Waals surface area contributed by atoms with Crippen molar-refractivity contribution in [3.8, 4) is 11.9 Å². The van der Waals surface area contributed by atoms with Crippen molar-refractivity contribution in [1.82, 2.24) is 9.97 Å². The molecule has 2 aromatic rings. The van der Waals surface area contributed by atoms with Gasteiger partial charge in [0.25, 0.3) is 0 Å². The molecule has 1 heterocycles. The Balaban J connectivity index is 2.64. The van der Waals surface area contributed by atoms with Gasteiger partial charge in [0.05, 0.1) is 19.8 Å². The van der Waals surface area contributed by atoms with Crippen molar-refractivity contribution in [3.63, 3.8) is 0 Å². The number of hydrogen-bond acceptors (Lipinski definition) is 5. The predicted molar refractivity (Wildman–Crippen MR) is 92.7 cm³/mol. The van der Waals surface area contributed by atoms with Crippen molar-refractivity contribution in [2.75, 3.05) is 25.7 Å². The maximum Gasteiger partial charge on any atom is 0.321 e. The predicted octanol–water partition coefficient (Wildman–Crippen LogP) is 3.55. The monoisotopic (exact) mass is 311 g/mol. The van der Waals surface area contributed by atoms with E-state index in [-0.39, 0.29) is 6.01 Å². The number of anilines is 2. The first-order valence-electron chi connectivity index (χ1n) is 7.28. The van der Waals surface area contributed by atoms with Crippen molar-refractivity contribution in [2.24, 2.45) is 0 Å². The van der Waals surface area contributed by atoms with Crippen molar-refractivity contribution in [1.29, 1.82) is 0 Å². The number of benzene rings is 1. The quantitative estimate of drug-likeness (QED) is 0.698. The fourth-order valence-electron chi connectivity index (χ4n) is 2.29. The molecule has 5 nitrogen and oxygen atoms in total. The Morgan fingerprint density at radius 2 is 1.78 bits per heavy atom. The Labute approximate surface area is 136 Å². The maximum absolute atomic E-state index is 5.41. The molecule has 0 N–H and O–H groups in total. The lowest BCUT2D eigenvalue weighted by Crippen LogP contribution is -2.21. The fourth-order valence-corrected chi connectivity index (χ4v) is 2.29. The van der Waals surface area contributed by atoms with Gasteiger partial charge in [-0.1, -0.05) is 30.4 Å². The third-order valence-corrected chi connectivity index (χ3v) is 3.29. The Kier molecular flexibility index (Phi) is 5.74. The minimum absolute atomic E-state index is 0.259. The van der Waals surface area contributed by atoms with E-state index in [0.29, 0.717) is 18.8 Å². The molecule has 2 rings (SSSR count). The van der Waals surface area contributed by atoms with E-state index in [1.807, 2.05) is 41.3 Å². The van der Waals surface area contributed by atoms with Crippen molar-refractivity contribution >= 4 is 11.5 Å². The molecule has 120 valence electrons. The number of methoxy groups -OCH3 is 2. The molecular formula is C18H21N3O2. The molecular weight excluding hydrogens is 290 g/mol. The van der Waals surface area contributed by atoms with Gasteiger partial charge >= 0.3 is 6.01 Å². The number of aromatic nitrogens is 2. The molecule has 0 saturated carbocycles. The van der Waals surface area contributed by atoms with E-state index in [4.69, 9.17) is 9.47 Å². The third kappa shape index (κ3) is 3.69. The number of hydrogen-bond donors (Lipinski definition) is 0. The van der Waals surface area contributed by atoms with E-state index in [9.17, 15) is 0 Å². The summed E-state index contributed by atoms with van der Waals surface area (Å²) in [6, 6.07) is 10.2. The van der Waals surface area contributed by atoms with Crippen LogP contribution in [0.3, 0.4) is 0 Å². The highest BCUT2D eigenvalue weighted by molar-refractivity contribution is 5.65. The van der Waals surface area contributed by atoms with Crippen LogP contribution < -0.4 is 14.4 Å². The molecule has 0 saturated heterocycles. The molecule has 0 aliphatic carbocycles. The SMILES string of the molecule is C=CCc1c(OC)nc(OC)nc1N(CC=C)c1ccccc1. The summed E-state index contributed by atoms with van der Waals surface area (Å²) in [4.78, 5) is 10.8. The molecule has 0 atom stereocenters. The lowest BCUT2D eigenvalue weighted by atomic mass is 10.1. The molecule has 0 unspecified atom stereocenters. The van der Waals surface area contributed by atoms with Crippen LogP contribution in [-0.2, 0) is 6.42 Å². The molecule has 0 amide bonds. The van der Waals surface area contributed by atoms with E-state index in [0.717, 1.165) is 17.1 Å². The highest BCUT2D eigenvalue weighted by atomic mass is 16.5. The zero-order valence-electron chi connectivity index (χ0n) is 13.5. The highest BCUT2D eigenvalue weighted by Gasteiger charge is 2.20. The average molecular weight is 311 g/mol. The summed E-state index contributed by atoms with van der Waals surface area (Å²) in [7, 11) is 3.12. The van der Waals surface area contributed by atoms with Crippen molar-refractivity contribution < 1.29 is 9.47 Å². The number of para-hydroxylation sites is 1. The van der Waals surface area contributed by atoms with E-state index in [2.05, 4.69) is 23.1 Å². The molecule has 1 aromatic carbocycles.